The highest BCUT2D eigenvalue weighted by Crippen LogP contribution is 2.24. The van der Waals surface area contributed by atoms with Crippen molar-refractivity contribution in [2.75, 3.05) is 31.8 Å². The van der Waals surface area contributed by atoms with Crippen molar-refractivity contribution in [3.05, 3.63) is 11.6 Å². The fraction of sp³-hybridized carbons (Fsp3) is 0.786. The van der Waals surface area contributed by atoms with Crippen molar-refractivity contribution >= 4 is 17.7 Å². The molecule has 118 valence electrons. The minimum Gasteiger partial charge on any atom is -0.383 e. The first-order valence-electron chi connectivity index (χ1n) is 7.24. The first kappa shape index (κ1) is 16.3. The second kappa shape index (κ2) is 6.79. The Bertz CT molecular complexity index is 478. The van der Waals surface area contributed by atoms with Gasteiger partial charge >= 0.3 is 0 Å². The molecule has 2 heterocycles. The Morgan fingerprint density at radius 1 is 1.52 bits per heavy atom. The highest BCUT2D eigenvalue weighted by molar-refractivity contribution is 7.99. The van der Waals surface area contributed by atoms with Crippen LogP contribution in [0.3, 0.4) is 0 Å². The number of nitrogens with one attached hydrogen (secondary N) is 1. The van der Waals surface area contributed by atoms with E-state index >= 15 is 0 Å². The summed E-state index contributed by atoms with van der Waals surface area (Å²) < 4.78 is 5.13. The van der Waals surface area contributed by atoms with E-state index in [0.29, 0.717) is 13.2 Å². The molecule has 1 fully saturated rings. The number of hydrogen-bond donors (Lipinski definition) is 1. The van der Waals surface area contributed by atoms with Gasteiger partial charge in [-0.1, -0.05) is 20.8 Å². The summed E-state index contributed by atoms with van der Waals surface area (Å²) in [6.07, 6.45) is 1.02. The molecule has 1 aromatic heterocycles. The fourth-order valence-corrected chi connectivity index (χ4v) is 3.45. The zero-order chi connectivity index (χ0) is 15.5. The average Bonchev–Trinajstić information content (AvgIpc) is 3.09. The number of thioether (sulfide) groups is 1. The number of carbonyl (C=O) groups excluding carboxylic acids is 1. The molecule has 0 saturated carbocycles. The van der Waals surface area contributed by atoms with E-state index < -0.39 is 0 Å². The van der Waals surface area contributed by atoms with Crippen LogP contribution in [-0.2, 0) is 10.2 Å². The summed E-state index contributed by atoms with van der Waals surface area (Å²) >= 11 is 1.88. The Balaban J connectivity index is 2.15. The van der Waals surface area contributed by atoms with Crippen LogP contribution in [0.15, 0.2) is 0 Å². The van der Waals surface area contributed by atoms with Crippen LogP contribution in [0.5, 0.6) is 0 Å². The Kier molecular flexibility index (Phi) is 5.27. The van der Waals surface area contributed by atoms with Gasteiger partial charge in [0, 0.05) is 30.9 Å². The number of nitrogens with zero attached hydrogens (tertiary/aromatic N) is 3. The molecule has 1 saturated heterocycles. The summed E-state index contributed by atoms with van der Waals surface area (Å²) in [5.74, 6) is 2.96. The number of hydrogen-bond acceptors (Lipinski definition) is 5. The lowest BCUT2D eigenvalue weighted by Gasteiger charge is -2.27. The number of methoxy groups -OCH3 is 1. The zero-order valence-electron chi connectivity index (χ0n) is 13.2. The van der Waals surface area contributed by atoms with Crippen LogP contribution in [0.2, 0.25) is 0 Å². The molecule has 1 amide bonds. The fourth-order valence-electron chi connectivity index (χ4n) is 2.23. The molecule has 0 spiro atoms. The number of rotatable bonds is 5. The molecule has 1 unspecified atom stereocenters. The van der Waals surface area contributed by atoms with Crippen molar-refractivity contribution in [3.8, 4) is 0 Å². The van der Waals surface area contributed by atoms with Gasteiger partial charge in [0.15, 0.2) is 0 Å². The monoisotopic (exact) mass is 312 g/mol. The lowest BCUT2D eigenvalue weighted by atomic mass is 9.96. The van der Waals surface area contributed by atoms with Crippen LogP contribution in [0.25, 0.3) is 0 Å². The van der Waals surface area contributed by atoms with Gasteiger partial charge in [-0.3, -0.25) is 9.89 Å². The maximum absolute atomic E-state index is 12.7. The summed E-state index contributed by atoms with van der Waals surface area (Å²) in [4.78, 5) is 18.9. The summed E-state index contributed by atoms with van der Waals surface area (Å²) in [5, 5.41) is 6.99. The topological polar surface area (TPSA) is 71.1 Å². The van der Waals surface area contributed by atoms with Gasteiger partial charge in [-0.2, -0.15) is 11.8 Å². The third-order valence-corrected chi connectivity index (χ3v) is 4.68. The summed E-state index contributed by atoms with van der Waals surface area (Å²) in [5.41, 5.74) is -0.147. The van der Waals surface area contributed by atoms with Gasteiger partial charge in [0.05, 0.1) is 6.61 Å². The van der Waals surface area contributed by atoms with Gasteiger partial charge < -0.3 is 9.64 Å². The molecule has 1 N–H and O–H groups in total. The first-order valence-corrected chi connectivity index (χ1v) is 8.39. The number of H-pyrrole nitrogens is 1. The standard InChI is InChI=1S/C14H24N4O2S/c1-14(2,3)13-15-11(16-17-13)12(19)18(6-7-20-4)10-5-8-21-9-10/h10H,5-9H2,1-4H3,(H,15,16,17). The first-order chi connectivity index (χ1) is 9.93. The molecule has 0 bridgehead atoms. The van der Waals surface area contributed by atoms with Crippen LogP contribution in [-0.4, -0.2) is 63.8 Å². The van der Waals surface area contributed by atoms with Crippen LogP contribution >= 0.6 is 11.8 Å². The van der Waals surface area contributed by atoms with E-state index in [1.54, 1.807) is 7.11 Å². The van der Waals surface area contributed by atoms with E-state index in [-0.39, 0.29) is 23.2 Å². The largest absolute Gasteiger partial charge is 0.383 e. The quantitative estimate of drug-likeness (QED) is 0.896. The number of ether oxygens (including phenoxy) is 1. The average molecular weight is 312 g/mol. The van der Waals surface area contributed by atoms with E-state index in [1.807, 2.05) is 37.4 Å². The molecule has 7 heteroatoms. The molecular formula is C14H24N4O2S. The summed E-state index contributed by atoms with van der Waals surface area (Å²) in [6, 6.07) is 0.259. The van der Waals surface area contributed by atoms with Gasteiger partial charge in [0.1, 0.15) is 5.82 Å². The molecule has 1 atom stereocenters. The van der Waals surface area contributed by atoms with Crippen molar-refractivity contribution in [1.82, 2.24) is 20.1 Å². The van der Waals surface area contributed by atoms with E-state index in [1.165, 1.54) is 0 Å². The predicted molar refractivity (Wildman–Crippen MR) is 83.7 cm³/mol. The molecule has 0 radical (unpaired) electrons. The number of aromatic nitrogens is 3. The maximum atomic E-state index is 12.7. The van der Waals surface area contributed by atoms with Crippen LogP contribution in [0.4, 0.5) is 0 Å². The molecule has 1 aliphatic heterocycles. The highest BCUT2D eigenvalue weighted by atomic mass is 32.2. The van der Waals surface area contributed by atoms with Gasteiger partial charge in [0.2, 0.25) is 5.82 Å². The van der Waals surface area contributed by atoms with Crippen LogP contribution in [0, 0.1) is 0 Å². The Hall–Kier alpha value is -1.08. The zero-order valence-corrected chi connectivity index (χ0v) is 14.0. The number of amides is 1. The third-order valence-electron chi connectivity index (χ3n) is 3.53. The molecule has 1 aromatic rings. The molecule has 0 aromatic carbocycles. The van der Waals surface area contributed by atoms with E-state index in [0.717, 1.165) is 23.8 Å². The molecular weight excluding hydrogens is 288 g/mol. The molecule has 6 nitrogen and oxygen atoms in total. The van der Waals surface area contributed by atoms with Gasteiger partial charge in [0.25, 0.3) is 5.91 Å². The Labute approximate surface area is 130 Å². The minimum absolute atomic E-state index is 0.105. The van der Waals surface area contributed by atoms with Gasteiger partial charge in [-0.25, -0.2) is 4.98 Å². The molecule has 2 rings (SSSR count). The normalized spacial score (nSPS) is 19.0. The molecule has 1 aliphatic rings. The second-order valence-electron chi connectivity index (χ2n) is 6.27. The lowest BCUT2D eigenvalue weighted by molar-refractivity contribution is 0.0613. The van der Waals surface area contributed by atoms with E-state index in [4.69, 9.17) is 4.74 Å². The smallest absolute Gasteiger partial charge is 0.293 e. The van der Waals surface area contributed by atoms with Gasteiger partial charge in [-0.05, 0) is 12.2 Å². The second-order valence-corrected chi connectivity index (χ2v) is 7.42. The maximum Gasteiger partial charge on any atom is 0.293 e. The van der Waals surface area contributed by atoms with Crippen molar-refractivity contribution < 1.29 is 9.53 Å². The van der Waals surface area contributed by atoms with E-state index in [2.05, 4.69) is 15.2 Å². The SMILES string of the molecule is COCCN(C(=O)c1n[nH]c(C(C)(C)C)n1)C1CCSC1. The minimum atomic E-state index is -0.147. The summed E-state index contributed by atoms with van der Waals surface area (Å²) in [6.45, 7) is 7.23. The third kappa shape index (κ3) is 3.97. The van der Waals surface area contributed by atoms with Crippen LogP contribution < -0.4 is 0 Å². The van der Waals surface area contributed by atoms with Gasteiger partial charge in [-0.15, -0.1) is 5.10 Å². The lowest BCUT2D eigenvalue weighted by Crippen LogP contribution is -2.43. The van der Waals surface area contributed by atoms with Crippen LogP contribution in [0.1, 0.15) is 43.6 Å². The van der Waals surface area contributed by atoms with Crippen molar-refractivity contribution in [1.29, 1.82) is 0 Å². The molecule has 0 aliphatic carbocycles. The number of carbonyl (C=O) groups is 1. The summed E-state index contributed by atoms with van der Waals surface area (Å²) in [7, 11) is 1.65. The van der Waals surface area contributed by atoms with Crippen molar-refractivity contribution in [2.45, 2.75) is 38.6 Å². The number of aromatic amines is 1. The Morgan fingerprint density at radius 2 is 2.29 bits per heavy atom. The molecule has 21 heavy (non-hydrogen) atoms. The Morgan fingerprint density at radius 3 is 2.81 bits per heavy atom. The highest BCUT2D eigenvalue weighted by Gasteiger charge is 2.30. The van der Waals surface area contributed by atoms with Crippen molar-refractivity contribution in [3.63, 3.8) is 0 Å². The van der Waals surface area contributed by atoms with E-state index in [9.17, 15) is 4.79 Å². The van der Waals surface area contributed by atoms with Crippen molar-refractivity contribution in [2.24, 2.45) is 0 Å². The predicted octanol–water partition coefficient (Wildman–Crippen LogP) is 1.70.